The van der Waals surface area contributed by atoms with E-state index >= 15 is 0 Å². The van der Waals surface area contributed by atoms with E-state index in [1.54, 1.807) is 12.1 Å². The Bertz CT molecular complexity index is 290. The van der Waals surface area contributed by atoms with Crippen LogP contribution in [-0.2, 0) is 0 Å². The number of carbonyl (C=O) groups excluding carboxylic acids is 1. The minimum Gasteiger partial charge on any atom is -0.445 e. The number of furan rings is 1. The van der Waals surface area contributed by atoms with Crippen LogP contribution in [-0.4, -0.2) is 6.29 Å². The second-order valence-corrected chi connectivity index (χ2v) is 1.94. The molecule has 0 aromatic carbocycles. The minimum atomic E-state index is 0.297. The van der Waals surface area contributed by atoms with E-state index in [9.17, 15) is 4.79 Å². The summed E-state index contributed by atoms with van der Waals surface area (Å²) >= 11 is 2.91. The summed E-state index contributed by atoms with van der Waals surface area (Å²) in [5, 5.41) is 0. The molecule has 1 heterocycles. The van der Waals surface area contributed by atoms with Crippen molar-refractivity contribution in [3.8, 4) is 10.8 Å². The number of rotatable bonds is 1. The molecule has 0 aliphatic heterocycles. The smallest absolute Gasteiger partial charge is 0.185 e. The third-order valence-corrected chi connectivity index (χ3v) is 1.11. The van der Waals surface area contributed by atoms with E-state index in [1.165, 1.54) is 0 Å². The van der Waals surface area contributed by atoms with Gasteiger partial charge in [-0.3, -0.25) is 4.79 Å². The van der Waals surface area contributed by atoms with Gasteiger partial charge < -0.3 is 4.42 Å². The van der Waals surface area contributed by atoms with Gasteiger partial charge in [0.05, 0.1) is 0 Å². The zero-order valence-electron chi connectivity index (χ0n) is 4.93. The average molecular weight is 199 g/mol. The van der Waals surface area contributed by atoms with Crippen LogP contribution in [0.2, 0.25) is 0 Å². The summed E-state index contributed by atoms with van der Waals surface area (Å²) in [6, 6.07) is 3.21. The molecule has 0 aliphatic rings. The van der Waals surface area contributed by atoms with E-state index in [2.05, 4.69) is 26.7 Å². The van der Waals surface area contributed by atoms with Gasteiger partial charge in [0.2, 0.25) is 0 Å². The van der Waals surface area contributed by atoms with Crippen LogP contribution in [0.5, 0.6) is 0 Å². The van der Waals surface area contributed by atoms with Gasteiger partial charge >= 0.3 is 0 Å². The number of hydrogen-bond donors (Lipinski definition) is 0. The summed E-state index contributed by atoms with van der Waals surface area (Å²) < 4.78 is 4.90. The number of halogens is 1. The highest BCUT2D eigenvalue weighted by atomic mass is 79.9. The van der Waals surface area contributed by atoms with Crippen molar-refractivity contribution in [2.75, 3.05) is 0 Å². The Morgan fingerprint density at radius 2 is 2.40 bits per heavy atom. The Morgan fingerprint density at radius 1 is 1.60 bits per heavy atom. The second-order valence-electron chi connectivity index (χ2n) is 1.54. The van der Waals surface area contributed by atoms with Crippen LogP contribution in [0.4, 0.5) is 0 Å². The fourth-order valence-corrected chi connectivity index (χ4v) is 0.725. The number of carbonyl (C=O) groups is 1. The highest BCUT2D eigenvalue weighted by molar-refractivity contribution is 9.12. The molecule has 0 bridgehead atoms. The van der Waals surface area contributed by atoms with E-state index < -0.39 is 0 Å². The van der Waals surface area contributed by atoms with Gasteiger partial charge in [0.1, 0.15) is 0 Å². The van der Waals surface area contributed by atoms with Crippen LogP contribution in [0.1, 0.15) is 16.3 Å². The molecule has 50 valence electrons. The highest BCUT2D eigenvalue weighted by Gasteiger charge is 1.94. The van der Waals surface area contributed by atoms with Crippen LogP contribution < -0.4 is 0 Å². The molecule has 3 heteroatoms. The molecule has 0 radical (unpaired) electrons. The van der Waals surface area contributed by atoms with E-state index in [4.69, 9.17) is 4.42 Å². The summed E-state index contributed by atoms with van der Waals surface area (Å²) in [7, 11) is 0. The second kappa shape index (κ2) is 3.23. The van der Waals surface area contributed by atoms with Crippen LogP contribution in [0.25, 0.3) is 0 Å². The Hall–Kier alpha value is -1.01. The number of aldehydes is 1. The fourth-order valence-electron chi connectivity index (χ4n) is 0.530. The standard InChI is InChI=1S/C7H3BrO2/c8-4-3-6-1-2-7(5-9)10-6/h1-2,5H. The molecule has 2 nitrogen and oxygen atoms in total. The molecule has 10 heavy (non-hydrogen) atoms. The summed E-state index contributed by atoms with van der Waals surface area (Å²) in [6.07, 6.45) is 0.638. The van der Waals surface area contributed by atoms with Gasteiger partial charge in [-0.1, -0.05) is 0 Å². The van der Waals surface area contributed by atoms with Crippen molar-refractivity contribution in [2.24, 2.45) is 0 Å². The Balaban J connectivity index is 2.95. The predicted molar refractivity (Wildman–Crippen MR) is 39.9 cm³/mol. The molecule has 0 fully saturated rings. The van der Waals surface area contributed by atoms with Gasteiger partial charge in [0.25, 0.3) is 0 Å². The zero-order valence-corrected chi connectivity index (χ0v) is 6.51. The molecule has 0 spiro atoms. The first kappa shape index (κ1) is 7.10. The molecule has 1 aromatic heterocycles. The molecule has 1 rings (SSSR count). The van der Waals surface area contributed by atoms with Crippen molar-refractivity contribution < 1.29 is 9.21 Å². The highest BCUT2D eigenvalue weighted by Crippen LogP contribution is 2.03. The van der Waals surface area contributed by atoms with E-state index in [0.717, 1.165) is 0 Å². The van der Waals surface area contributed by atoms with Gasteiger partial charge in [0.15, 0.2) is 17.8 Å². The van der Waals surface area contributed by atoms with Crippen LogP contribution in [0.15, 0.2) is 16.5 Å². The SMILES string of the molecule is O=Cc1ccc(C#CBr)o1. The largest absolute Gasteiger partial charge is 0.445 e. The summed E-state index contributed by atoms with van der Waals surface area (Å²) in [4.78, 5) is 12.5. The third kappa shape index (κ3) is 1.49. The Kier molecular flexibility index (Phi) is 2.30. The van der Waals surface area contributed by atoms with Crippen molar-refractivity contribution in [1.29, 1.82) is 0 Å². The molecule has 0 unspecified atom stereocenters. The summed E-state index contributed by atoms with van der Waals surface area (Å²) in [5.41, 5.74) is 0. The maximum atomic E-state index is 10.1. The maximum absolute atomic E-state index is 10.1. The normalized spacial score (nSPS) is 8.10. The van der Waals surface area contributed by atoms with Crippen LogP contribution >= 0.6 is 15.9 Å². The predicted octanol–water partition coefficient (Wildman–Crippen LogP) is 1.80. The summed E-state index contributed by atoms with van der Waals surface area (Å²) in [6.45, 7) is 0. The van der Waals surface area contributed by atoms with Crippen molar-refractivity contribution >= 4 is 22.2 Å². The monoisotopic (exact) mass is 198 g/mol. The van der Waals surface area contributed by atoms with Crippen molar-refractivity contribution in [3.63, 3.8) is 0 Å². The van der Waals surface area contributed by atoms with Crippen molar-refractivity contribution in [2.45, 2.75) is 0 Å². The molecule has 0 aliphatic carbocycles. The maximum Gasteiger partial charge on any atom is 0.185 e. The van der Waals surface area contributed by atoms with Crippen LogP contribution in [0, 0.1) is 10.8 Å². The Morgan fingerprint density at radius 3 is 2.90 bits per heavy atom. The molecule has 0 amide bonds. The molecule has 0 saturated heterocycles. The minimum absolute atomic E-state index is 0.297. The van der Waals surface area contributed by atoms with E-state index in [0.29, 0.717) is 17.8 Å². The van der Waals surface area contributed by atoms with Crippen molar-refractivity contribution in [1.82, 2.24) is 0 Å². The van der Waals surface area contributed by atoms with E-state index in [-0.39, 0.29) is 0 Å². The third-order valence-electron chi connectivity index (χ3n) is 0.913. The van der Waals surface area contributed by atoms with Gasteiger partial charge in [-0.05, 0) is 22.9 Å². The summed E-state index contributed by atoms with van der Waals surface area (Å²) in [5.74, 6) is 3.39. The zero-order chi connectivity index (χ0) is 7.40. The van der Waals surface area contributed by atoms with Gasteiger partial charge in [-0.2, -0.15) is 0 Å². The molecule has 1 aromatic rings. The van der Waals surface area contributed by atoms with Crippen LogP contribution in [0.3, 0.4) is 0 Å². The quantitative estimate of drug-likeness (QED) is 0.509. The van der Waals surface area contributed by atoms with Gasteiger partial charge in [-0.25, -0.2) is 0 Å². The lowest BCUT2D eigenvalue weighted by Gasteiger charge is -1.76. The fraction of sp³-hybridized carbons (Fsp3) is 0. The topological polar surface area (TPSA) is 30.2 Å². The average Bonchev–Trinajstić information content (AvgIpc) is 2.37. The lowest BCUT2D eigenvalue weighted by Crippen LogP contribution is -1.67. The molecular weight excluding hydrogens is 196 g/mol. The van der Waals surface area contributed by atoms with Gasteiger partial charge in [0, 0.05) is 15.9 Å². The molecular formula is C7H3BrO2. The van der Waals surface area contributed by atoms with Crippen molar-refractivity contribution in [3.05, 3.63) is 23.7 Å². The lowest BCUT2D eigenvalue weighted by atomic mass is 10.4. The molecule has 0 N–H and O–H groups in total. The lowest BCUT2D eigenvalue weighted by molar-refractivity contribution is 0.110. The Labute approximate surface area is 66.3 Å². The first-order chi connectivity index (χ1) is 4.86. The molecule has 0 atom stereocenters. The first-order valence-electron chi connectivity index (χ1n) is 2.53. The molecule has 0 saturated carbocycles. The van der Waals surface area contributed by atoms with E-state index in [1.807, 2.05) is 0 Å². The first-order valence-corrected chi connectivity index (χ1v) is 3.33. The van der Waals surface area contributed by atoms with Gasteiger partial charge in [-0.15, -0.1) is 0 Å². The number of hydrogen-bond acceptors (Lipinski definition) is 2.